The van der Waals surface area contributed by atoms with Crippen LogP contribution >= 0.6 is 0 Å². The molecule has 0 saturated heterocycles. The molecule has 0 aliphatic heterocycles. The summed E-state index contributed by atoms with van der Waals surface area (Å²) < 4.78 is 8.79. The number of carbonyl (C=O) groups is 3. The molecule has 0 heterocycles. The lowest BCUT2D eigenvalue weighted by Crippen LogP contribution is -2.36. The van der Waals surface area contributed by atoms with E-state index >= 15 is 0 Å². The summed E-state index contributed by atoms with van der Waals surface area (Å²) in [6.45, 7) is 2.09. The van der Waals surface area contributed by atoms with Gasteiger partial charge >= 0.3 is 0 Å². The molecule has 0 amide bonds. The van der Waals surface area contributed by atoms with Crippen molar-refractivity contribution >= 4 is 32.9 Å². The molecule has 4 radical (unpaired) electrons. The van der Waals surface area contributed by atoms with Crippen LogP contribution in [0.1, 0.15) is 13.8 Å². The van der Waals surface area contributed by atoms with Crippen LogP contribution in [0.15, 0.2) is 0 Å². The molecule has 0 aliphatic rings. The molecule has 0 bridgehead atoms. The number of rotatable bonds is 4. The Morgan fingerprint density at radius 3 is 1.79 bits per heavy atom. The summed E-state index contributed by atoms with van der Waals surface area (Å²) in [5, 5.41) is 8.47. The number of hydrogen-bond donors (Lipinski definition) is 1. The molecule has 0 aliphatic carbocycles. The SMILES string of the molecule is [B-]C([B-](OC(C)=O)OC(C)=O)C(=O)O. The van der Waals surface area contributed by atoms with E-state index in [1.54, 1.807) is 0 Å². The smallest absolute Gasteiger partial charge is 0.255 e. The van der Waals surface area contributed by atoms with E-state index in [-0.39, 0.29) is 0 Å². The Balaban J connectivity index is 4.45. The Morgan fingerprint density at radius 2 is 1.57 bits per heavy atom. The summed E-state index contributed by atoms with van der Waals surface area (Å²) in [7, 11) is 3.51. The minimum Gasteiger partial charge on any atom is -0.678 e. The van der Waals surface area contributed by atoms with Gasteiger partial charge in [0.15, 0.2) is 0 Å². The molecule has 1 atom stereocenters. The molecule has 1 unspecified atom stereocenters. The van der Waals surface area contributed by atoms with Crippen LogP contribution in [0.5, 0.6) is 0 Å². The number of hydrogen-bond acceptors (Lipinski definition) is 5. The van der Waals surface area contributed by atoms with Gasteiger partial charge in [-0.1, -0.05) is 0 Å². The van der Waals surface area contributed by atoms with Gasteiger partial charge in [0.25, 0.3) is 11.9 Å². The lowest BCUT2D eigenvalue weighted by Gasteiger charge is -2.38. The van der Waals surface area contributed by atoms with Crippen LogP contribution in [0.3, 0.4) is 0 Å². The van der Waals surface area contributed by atoms with Crippen LogP contribution in [0.4, 0.5) is 0 Å². The second-order valence-corrected chi connectivity index (χ2v) is 2.45. The van der Waals surface area contributed by atoms with Gasteiger partial charge in [0.05, 0.1) is 0 Å². The molecule has 76 valence electrons. The topological polar surface area (TPSA) is 89.9 Å². The van der Waals surface area contributed by atoms with E-state index in [1.807, 2.05) is 0 Å². The molecule has 0 rings (SSSR count). The van der Waals surface area contributed by atoms with Crippen molar-refractivity contribution in [2.24, 2.45) is 0 Å². The van der Waals surface area contributed by atoms with Crippen molar-refractivity contribution in [2.45, 2.75) is 19.6 Å². The predicted octanol–water partition coefficient (Wildman–Crippen LogP) is -0.818. The maximum absolute atomic E-state index is 10.5. The Labute approximate surface area is 82.1 Å². The third-order valence-corrected chi connectivity index (χ3v) is 1.14. The van der Waals surface area contributed by atoms with Crippen molar-refractivity contribution in [3.8, 4) is 0 Å². The Kier molecular flexibility index (Phi) is 4.75. The van der Waals surface area contributed by atoms with E-state index < -0.39 is 30.7 Å². The molecule has 0 aromatic heterocycles. The predicted molar refractivity (Wildman–Crippen MR) is 46.4 cm³/mol. The van der Waals surface area contributed by atoms with Crippen molar-refractivity contribution < 1.29 is 28.8 Å². The summed E-state index contributed by atoms with van der Waals surface area (Å²) in [6, 6.07) is 0. The summed E-state index contributed by atoms with van der Waals surface area (Å²) in [6.07, 6.45) is 0. The fourth-order valence-corrected chi connectivity index (χ4v) is 0.614. The van der Waals surface area contributed by atoms with E-state index in [9.17, 15) is 14.4 Å². The maximum atomic E-state index is 10.5. The highest BCUT2D eigenvalue weighted by molar-refractivity contribution is 6.65. The van der Waals surface area contributed by atoms with Gasteiger partial charge in [0.2, 0.25) is 13.1 Å². The zero-order valence-electron chi connectivity index (χ0n) is 7.72. The number of carboxylic acids is 1. The Hall–Kier alpha value is -1.46. The van der Waals surface area contributed by atoms with Gasteiger partial charge < -0.3 is 22.3 Å². The summed E-state index contributed by atoms with van der Waals surface area (Å²) in [5.74, 6) is -3.00. The molecule has 0 saturated carbocycles. The first-order valence-electron chi connectivity index (χ1n) is 3.67. The standard InChI is InChI=1S/C6H8B2O6/c1-3(9)13-8(14-4(2)10)5(7)6(11)12/h5H,1-2H3,(H,11,12)/q-2. The molecule has 1 N–H and O–H groups in total. The zero-order valence-corrected chi connectivity index (χ0v) is 7.72. The van der Waals surface area contributed by atoms with Gasteiger partial charge in [0.1, 0.15) is 0 Å². The van der Waals surface area contributed by atoms with Crippen molar-refractivity contribution in [1.29, 1.82) is 0 Å². The first-order valence-corrected chi connectivity index (χ1v) is 3.67. The molecule has 0 spiro atoms. The van der Waals surface area contributed by atoms with E-state index in [0.29, 0.717) is 0 Å². The van der Waals surface area contributed by atoms with Crippen LogP contribution in [0, 0.1) is 0 Å². The third-order valence-electron chi connectivity index (χ3n) is 1.14. The van der Waals surface area contributed by atoms with Gasteiger partial charge in [-0.05, 0) is 0 Å². The number of carboxylic acid groups (broad SMARTS) is 1. The second kappa shape index (κ2) is 5.31. The van der Waals surface area contributed by atoms with E-state index in [1.165, 1.54) is 0 Å². The summed E-state index contributed by atoms with van der Waals surface area (Å²) in [5.41, 5.74) is -1.59. The van der Waals surface area contributed by atoms with Crippen molar-refractivity contribution in [1.82, 2.24) is 0 Å². The molecule has 0 aromatic carbocycles. The Morgan fingerprint density at radius 1 is 1.21 bits per heavy atom. The van der Waals surface area contributed by atoms with E-state index in [4.69, 9.17) is 13.0 Å². The lowest BCUT2D eigenvalue weighted by atomic mass is 9.59. The third kappa shape index (κ3) is 4.54. The molecule has 6 nitrogen and oxygen atoms in total. The highest BCUT2D eigenvalue weighted by atomic mass is 16.6. The first kappa shape index (κ1) is 12.5. The largest absolute Gasteiger partial charge is 0.678 e. The van der Waals surface area contributed by atoms with Crippen molar-refractivity contribution in [3.05, 3.63) is 0 Å². The van der Waals surface area contributed by atoms with Crippen molar-refractivity contribution in [3.63, 3.8) is 0 Å². The average Bonchev–Trinajstić information content (AvgIpc) is 1.99. The van der Waals surface area contributed by atoms with E-state index in [0.717, 1.165) is 13.8 Å². The van der Waals surface area contributed by atoms with Crippen LogP contribution in [-0.2, 0) is 23.7 Å². The summed E-state index contributed by atoms with van der Waals surface area (Å²) in [4.78, 5) is 31.4. The molecule has 14 heavy (non-hydrogen) atoms. The first-order chi connectivity index (χ1) is 6.34. The minimum absolute atomic E-state index is 0.784. The van der Waals surface area contributed by atoms with Crippen LogP contribution in [0.2, 0.25) is 5.72 Å². The van der Waals surface area contributed by atoms with Gasteiger partial charge in [-0.3, -0.25) is 14.4 Å². The maximum Gasteiger partial charge on any atom is 0.255 e. The highest BCUT2D eigenvalue weighted by Gasteiger charge is 2.12. The average molecular weight is 198 g/mol. The number of aliphatic carboxylic acids is 1. The Bertz CT molecular complexity index is 237. The minimum atomic E-state index is -1.59. The molecule has 8 heteroatoms. The zero-order chi connectivity index (χ0) is 11.3. The van der Waals surface area contributed by atoms with Crippen LogP contribution < -0.4 is 0 Å². The number of carbonyl (C=O) groups excluding carboxylic acids is 2. The molecular weight excluding hydrogens is 190 g/mol. The fraction of sp³-hybridized carbons (Fsp3) is 0.500. The normalized spacial score (nSPS) is 12.0. The van der Waals surface area contributed by atoms with E-state index in [2.05, 4.69) is 9.31 Å². The van der Waals surface area contributed by atoms with Crippen LogP contribution in [-0.4, -0.2) is 38.0 Å². The fourth-order valence-electron chi connectivity index (χ4n) is 0.614. The quantitative estimate of drug-likeness (QED) is 0.593. The lowest BCUT2D eigenvalue weighted by molar-refractivity contribution is -0.139. The molecule has 0 aromatic rings. The summed E-state index contributed by atoms with van der Waals surface area (Å²) >= 11 is 0. The molecular formula is C6H8B2O6-2. The van der Waals surface area contributed by atoms with Gasteiger partial charge in [-0.25, -0.2) is 5.72 Å². The van der Waals surface area contributed by atoms with Gasteiger partial charge in [-0.2, -0.15) is 0 Å². The van der Waals surface area contributed by atoms with Gasteiger partial charge in [0, 0.05) is 13.8 Å². The molecule has 0 fully saturated rings. The second-order valence-electron chi connectivity index (χ2n) is 2.45. The monoisotopic (exact) mass is 198 g/mol. The van der Waals surface area contributed by atoms with Gasteiger partial charge in [-0.15, -0.1) is 0 Å². The van der Waals surface area contributed by atoms with Crippen LogP contribution in [0.25, 0.3) is 0 Å². The van der Waals surface area contributed by atoms with Crippen molar-refractivity contribution in [2.75, 3.05) is 0 Å². The highest BCUT2D eigenvalue weighted by Crippen LogP contribution is 2.08.